The molecule has 1 fully saturated rings. The van der Waals surface area contributed by atoms with E-state index in [9.17, 15) is 12.8 Å². The Bertz CT molecular complexity index is 652. The molecule has 4 nitrogen and oxygen atoms in total. The third kappa shape index (κ3) is 2.56. The topological polar surface area (TPSA) is 61.2 Å². The highest BCUT2D eigenvalue weighted by Crippen LogP contribution is 2.29. The van der Waals surface area contributed by atoms with Crippen molar-refractivity contribution >= 4 is 10.0 Å². The maximum absolute atomic E-state index is 13.6. The second-order valence-corrected chi connectivity index (χ2v) is 7.24. The van der Waals surface area contributed by atoms with Gasteiger partial charge in [0.25, 0.3) is 0 Å². The van der Waals surface area contributed by atoms with Crippen LogP contribution in [0.5, 0.6) is 0 Å². The SMILES string of the molecule is CC1CCN(S(=O)(=O)c2cccc(F)c2C#N)CC1C. The molecule has 2 atom stereocenters. The number of piperidine rings is 1. The zero-order valence-electron chi connectivity index (χ0n) is 11.5. The quantitative estimate of drug-likeness (QED) is 0.841. The Morgan fingerprint density at radius 2 is 2.05 bits per heavy atom. The van der Waals surface area contributed by atoms with Crippen LogP contribution in [0.15, 0.2) is 23.1 Å². The molecule has 0 amide bonds. The van der Waals surface area contributed by atoms with Crippen LogP contribution in [0.4, 0.5) is 4.39 Å². The molecule has 6 heteroatoms. The molecule has 1 aromatic rings. The normalized spacial score (nSPS) is 24.3. The van der Waals surface area contributed by atoms with Crippen molar-refractivity contribution in [2.24, 2.45) is 11.8 Å². The summed E-state index contributed by atoms with van der Waals surface area (Å²) in [4.78, 5) is -0.234. The summed E-state index contributed by atoms with van der Waals surface area (Å²) in [5, 5.41) is 8.98. The third-order valence-electron chi connectivity index (χ3n) is 4.00. The highest BCUT2D eigenvalue weighted by molar-refractivity contribution is 7.89. The minimum atomic E-state index is -3.81. The standard InChI is InChI=1S/C14H17FN2O2S/c1-10-6-7-17(9-11(10)2)20(18,19)14-5-3-4-13(15)12(14)8-16/h3-5,10-11H,6-7,9H2,1-2H3. The van der Waals surface area contributed by atoms with Gasteiger partial charge in [-0.1, -0.05) is 19.9 Å². The van der Waals surface area contributed by atoms with Crippen molar-refractivity contribution in [3.05, 3.63) is 29.6 Å². The molecule has 0 bridgehead atoms. The van der Waals surface area contributed by atoms with E-state index in [1.165, 1.54) is 16.4 Å². The molecule has 20 heavy (non-hydrogen) atoms. The van der Waals surface area contributed by atoms with E-state index < -0.39 is 21.4 Å². The second-order valence-electron chi connectivity index (χ2n) is 5.33. The first-order valence-corrected chi connectivity index (χ1v) is 8.00. The fraction of sp³-hybridized carbons (Fsp3) is 0.500. The molecule has 0 aromatic heterocycles. The van der Waals surface area contributed by atoms with Crippen molar-refractivity contribution < 1.29 is 12.8 Å². The zero-order chi connectivity index (χ0) is 14.9. The Labute approximate surface area is 118 Å². The van der Waals surface area contributed by atoms with Gasteiger partial charge in [0.2, 0.25) is 10.0 Å². The number of rotatable bonds is 2. The fourth-order valence-electron chi connectivity index (χ4n) is 2.41. The van der Waals surface area contributed by atoms with Crippen LogP contribution in [-0.4, -0.2) is 25.8 Å². The van der Waals surface area contributed by atoms with Crippen molar-refractivity contribution in [1.82, 2.24) is 4.31 Å². The molecule has 1 aliphatic heterocycles. The molecule has 0 aliphatic carbocycles. The molecule has 2 unspecified atom stereocenters. The maximum atomic E-state index is 13.6. The van der Waals surface area contributed by atoms with Gasteiger partial charge in [0, 0.05) is 13.1 Å². The van der Waals surface area contributed by atoms with E-state index in [4.69, 9.17) is 5.26 Å². The highest BCUT2D eigenvalue weighted by atomic mass is 32.2. The summed E-state index contributed by atoms with van der Waals surface area (Å²) in [7, 11) is -3.81. The van der Waals surface area contributed by atoms with Gasteiger partial charge in [0.05, 0.1) is 0 Å². The molecule has 0 N–H and O–H groups in total. The lowest BCUT2D eigenvalue weighted by atomic mass is 9.90. The van der Waals surface area contributed by atoms with Gasteiger partial charge in [-0.05, 0) is 30.4 Å². The van der Waals surface area contributed by atoms with E-state index in [1.54, 1.807) is 6.07 Å². The summed E-state index contributed by atoms with van der Waals surface area (Å²) < 4.78 is 40.1. The minimum Gasteiger partial charge on any atom is -0.207 e. The van der Waals surface area contributed by atoms with Crippen LogP contribution in [0.2, 0.25) is 0 Å². The molecular formula is C14H17FN2O2S. The zero-order valence-corrected chi connectivity index (χ0v) is 12.3. The van der Waals surface area contributed by atoms with E-state index in [2.05, 4.69) is 6.92 Å². The van der Waals surface area contributed by atoms with Crippen LogP contribution >= 0.6 is 0 Å². The molecular weight excluding hydrogens is 279 g/mol. The maximum Gasteiger partial charge on any atom is 0.244 e. The van der Waals surface area contributed by atoms with Crippen LogP contribution in [-0.2, 0) is 10.0 Å². The Kier molecular flexibility index (Phi) is 4.11. The lowest BCUT2D eigenvalue weighted by molar-refractivity contribution is 0.212. The van der Waals surface area contributed by atoms with Gasteiger partial charge < -0.3 is 0 Å². The van der Waals surface area contributed by atoms with E-state index >= 15 is 0 Å². The smallest absolute Gasteiger partial charge is 0.207 e. The summed E-state index contributed by atoms with van der Waals surface area (Å²) in [6, 6.07) is 5.35. The largest absolute Gasteiger partial charge is 0.244 e. The summed E-state index contributed by atoms with van der Waals surface area (Å²) in [5.41, 5.74) is -0.404. The van der Waals surface area contributed by atoms with Crippen LogP contribution in [0, 0.1) is 29.0 Å². The molecule has 0 spiro atoms. The number of halogens is 1. The van der Waals surface area contributed by atoms with Crippen LogP contribution in [0.3, 0.4) is 0 Å². The van der Waals surface area contributed by atoms with Gasteiger partial charge >= 0.3 is 0 Å². The molecule has 2 rings (SSSR count). The fourth-order valence-corrected chi connectivity index (χ4v) is 4.12. The number of nitrogens with zero attached hydrogens (tertiary/aromatic N) is 2. The third-order valence-corrected chi connectivity index (χ3v) is 5.91. The number of hydrogen-bond donors (Lipinski definition) is 0. The number of benzene rings is 1. The number of sulfonamides is 1. The Hall–Kier alpha value is -1.45. The van der Waals surface area contributed by atoms with Gasteiger partial charge in [0.15, 0.2) is 0 Å². The first-order chi connectivity index (χ1) is 9.37. The number of nitriles is 1. The highest BCUT2D eigenvalue weighted by Gasteiger charge is 2.33. The average molecular weight is 296 g/mol. The predicted octanol–water partition coefficient (Wildman–Crippen LogP) is 2.36. The van der Waals surface area contributed by atoms with Gasteiger partial charge in [-0.25, -0.2) is 12.8 Å². The summed E-state index contributed by atoms with van der Waals surface area (Å²) >= 11 is 0. The Balaban J connectivity index is 2.42. The van der Waals surface area contributed by atoms with Gasteiger partial charge in [-0.15, -0.1) is 0 Å². The first-order valence-electron chi connectivity index (χ1n) is 6.56. The van der Waals surface area contributed by atoms with E-state index in [0.717, 1.165) is 12.5 Å². The van der Waals surface area contributed by atoms with Crippen molar-refractivity contribution in [2.75, 3.05) is 13.1 Å². The molecule has 0 saturated carbocycles. The molecule has 1 aromatic carbocycles. The first kappa shape index (κ1) is 14.9. The average Bonchev–Trinajstić information content (AvgIpc) is 2.41. The Morgan fingerprint density at radius 1 is 1.35 bits per heavy atom. The van der Waals surface area contributed by atoms with E-state index in [1.807, 2.05) is 6.92 Å². The Morgan fingerprint density at radius 3 is 2.65 bits per heavy atom. The summed E-state index contributed by atoms with van der Waals surface area (Å²) in [5.74, 6) is -0.0889. The number of hydrogen-bond acceptors (Lipinski definition) is 3. The minimum absolute atomic E-state index is 0.234. The van der Waals surface area contributed by atoms with Gasteiger partial charge in [-0.2, -0.15) is 9.57 Å². The lowest BCUT2D eigenvalue weighted by Crippen LogP contribution is -2.42. The second kappa shape index (κ2) is 5.51. The van der Waals surface area contributed by atoms with Crippen molar-refractivity contribution in [2.45, 2.75) is 25.2 Å². The predicted molar refractivity (Wildman–Crippen MR) is 72.8 cm³/mol. The van der Waals surface area contributed by atoms with Crippen LogP contribution in [0.25, 0.3) is 0 Å². The van der Waals surface area contributed by atoms with Crippen LogP contribution < -0.4 is 0 Å². The van der Waals surface area contributed by atoms with Gasteiger partial charge in [-0.3, -0.25) is 0 Å². The molecule has 1 heterocycles. The van der Waals surface area contributed by atoms with E-state index in [0.29, 0.717) is 19.0 Å². The monoisotopic (exact) mass is 296 g/mol. The molecule has 108 valence electrons. The lowest BCUT2D eigenvalue weighted by Gasteiger charge is -2.34. The summed E-state index contributed by atoms with van der Waals surface area (Å²) in [6.45, 7) is 4.92. The molecule has 1 saturated heterocycles. The summed E-state index contributed by atoms with van der Waals surface area (Å²) in [6.07, 6.45) is 0.775. The van der Waals surface area contributed by atoms with Crippen molar-refractivity contribution in [3.63, 3.8) is 0 Å². The van der Waals surface area contributed by atoms with Gasteiger partial charge in [0.1, 0.15) is 22.3 Å². The van der Waals surface area contributed by atoms with Crippen molar-refractivity contribution in [1.29, 1.82) is 5.26 Å². The molecule has 1 aliphatic rings. The molecule has 0 radical (unpaired) electrons. The van der Waals surface area contributed by atoms with Crippen molar-refractivity contribution in [3.8, 4) is 6.07 Å². The van der Waals surface area contributed by atoms with Crippen LogP contribution in [0.1, 0.15) is 25.8 Å². The van der Waals surface area contributed by atoms with E-state index in [-0.39, 0.29) is 10.8 Å².